The Hall–Kier alpha value is -1.21. The van der Waals surface area contributed by atoms with E-state index in [1.54, 1.807) is 20.8 Å². The molecule has 1 heterocycles. The van der Waals surface area contributed by atoms with Crippen LogP contribution in [0.25, 0.3) is 0 Å². The summed E-state index contributed by atoms with van der Waals surface area (Å²) in [5.41, 5.74) is -5.57. The van der Waals surface area contributed by atoms with Crippen LogP contribution in [0.1, 0.15) is 20.8 Å². The average Bonchev–Trinajstić information content (AvgIpc) is 2.67. The van der Waals surface area contributed by atoms with Gasteiger partial charge in [0.2, 0.25) is 0 Å². The molecule has 0 unspecified atom stereocenters. The van der Waals surface area contributed by atoms with Crippen molar-refractivity contribution in [3.63, 3.8) is 0 Å². The number of hydrogen-bond donors (Lipinski definition) is 0. The van der Waals surface area contributed by atoms with Gasteiger partial charge in [0, 0.05) is 5.16 Å². The van der Waals surface area contributed by atoms with Crippen LogP contribution in [0, 0.1) is 0 Å². The van der Waals surface area contributed by atoms with Gasteiger partial charge in [0.05, 0.1) is 0 Å². The van der Waals surface area contributed by atoms with Crippen LogP contribution in [0.15, 0.2) is 18.2 Å². The third kappa shape index (κ3) is 2.60. The Labute approximate surface area is 125 Å². The minimum Gasteiger partial charge on any atom is -0.485 e. The van der Waals surface area contributed by atoms with Crippen LogP contribution in [0.4, 0.5) is 13.2 Å². The van der Waals surface area contributed by atoms with Crippen molar-refractivity contribution < 1.29 is 35.1 Å². The third-order valence-corrected chi connectivity index (χ3v) is 8.08. The van der Waals surface area contributed by atoms with E-state index in [-0.39, 0.29) is 17.4 Å². The predicted octanol–water partition coefficient (Wildman–Crippen LogP) is 3.05. The fourth-order valence-corrected chi connectivity index (χ4v) is 4.97. The largest absolute Gasteiger partial charge is 0.534 e. The molecule has 2 rings (SSSR count). The molecule has 1 aliphatic rings. The van der Waals surface area contributed by atoms with E-state index in [1.165, 1.54) is 12.1 Å². The molecule has 22 heavy (non-hydrogen) atoms. The van der Waals surface area contributed by atoms with Gasteiger partial charge in [-0.05, 0) is 12.1 Å². The van der Waals surface area contributed by atoms with Crippen molar-refractivity contribution >= 4 is 22.6 Å². The fraction of sp³-hybridized carbons (Fsp3) is 0.500. The summed E-state index contributed by atoms with van der Waals surface area (Å²) in [7, 11) is -9.14. The summed E-state index contributed by atoms with van der Waals surface area (Å²) >= 11 is 0. The molecule has 1 aromatic rings. The van der Waals surface area contributed by atoms with Crippen molar-refractivity contribution in [1.82, 2.24) is 0 Å². The van der Waals surface area contributed by atoms with Crippen LogP contribution in [-0.2, 0) is 14.7 Å². The van der Waals surface area contributed by atoms with Crippen molar-refractivity contribution in [3.05, 3.63) is 18.2 Å². The molecule has 124 valence electrons. The summed E-state index contributed by atoms with van der Waals surface area (Å²) < 4.78 is 82.5. The maximum atomic E-state index is 13.1. The van der Waals surface area contributed by atoms with Gasteiger partial charge in [0.1, 0.15) is 17.4 Å². The number of ether oxygens (including phenoxy) is 1. The van der Waals surface area contributed by atoms with Gasteiger partial charge in [0.25, 0.3) is 0 Å². The molecule has 0 N–H and O–H groups in total. The smallest absolute Gasteiger partial charge is 0.485 e. The molecule has 0 saturated heterocycles. The Balaban J connectivity index is 2.60. The maximum Gasteiger partial charge on any atom is 0.534 e. The first-order chi connectivity index (χ1) is 9.80. The quantitative estimate of drug-likeness (QED) is 0.462. The van der Waals surface area contributed by atoms with Crippen LogP contribution in [-0.4, -0.2) is 25.4 Å². The van der Waals surface area contributed by atoms with Gasteiger partial charge in [-0.25, -0.2) is 0 Å². The molecule has 1 atom stereocenters. The predicted molar refractivity (Wildman–Crippen MR) is 74.5 cm³/mol. The molecule has 5 nitrogen and oxygen atoms in total. The van der Waals surface area contributed by atoms with E-state index < -0.39 is 33.7 Å². The highest BCUT2D eigenvalue weighted by Gasteiger charge is 2.52. The van der Waals surface area contributed by atoms with E-state index >= 15 is 0 Å². The Kier molecular flexibility index (Phi) is 3.81. The van der Waals surface area contributed by atoms with Crippen LogP contribution in [0.3, 0.4) is 0 Å². The van der Waals surface area contributed by atoms with E-state index in [2.05, 4.69) is 4.18 Å². The minimum atomic E-state index is -5.84. The molecular formula is C12H14F3O5PS. The van der Waals surface area contributed by atoms with Gasteiger partial charge in [-0.3, -0.25) is 0 Å². The molecule has 0 fully saturated rings. The Bertz CT molecular complexity index is 749. The lowest BCUT2D eigenvalue weighted by Gasteiger charge is -2.27. The summed E-state index contributed by atoms with van der Waals surface area (Å²) in [5, 5.41) is -0.921. The Morgan fingerprint density at radius 3 is 2.32 bits per heavy atom. The van der Waals surface area contributed by atoms with Gasteiger partial charge < -0.3 is 13.5 Å². The second kappa shape index (κ2) is 4.89. The lowest BCUT2D eigenvalue weighted by molar-refractivity contribution is -0.0499. The van der Waals surface area contributed by atoms with Crippen molar-refractivity contribution in [1.29, 1.82) is 0 Å². The highest BCUT2D eigenvalue weighted by atomic mass is 32.2. The zero-order valence-electron chi connectivity index (χ0n) is 12.0. The standard InChI is InChI=1S/C12H14F3O5PS/c1-11(2,3)21(16)7-19-8-5-4-6-9(10(8)21)20-22(17,18)12(13,14)15/h4-6H,7H2,1-3H3/t21-/m1/s1. The molecule has 1 aromatic carbocycles. The van der Waals surface area contributed by atoms with E-state index in [1.807, 2.05) is 0 Å². The second-order valence-corrected chi connectivity index (χ2v) is 10.8. The molecule has 0 radical (unpaired) electrons. The molecule has 0 bridgehead atoms. The van der Waals surface area contributed by atoms with E-state index in [9.17, 15) is 26.2 Å². The summed E-state index contributed by atoms with van der Waals surface area (Å²) in [4.78, 5) is 0. The zero-order valence-corrected chi connectivity index (χ0v) is 13.7. The number of halogens is 3. The topological polar surface area (TPSA) is 69.7 Å². The summed E-state index contributed by atoms with van der Waals surface area (Å²) in [6, 6.07) is 3.72. The van der Waals surface area contributed by atoms with Gasteiger partial charge in [0.15, 0.2) is 12.9 Å². The highest BCUT2D eigenvalue weighted by Crippen LogP contribution is 2.63. The Morgan fingerprint density at radius 1 is 1.23 bits per heavy atom. The molecular weight excluding hydrogens is 344 g/mol. The lowest BCUT2D eigenvalue weighted by atomic mass is 10.3. The van der Waals surface area contributed by atoms with Gasteiger partial charge >= 0.3 is 15.6 Å². The summed E-state index contributed by atoms with van der Waals surface area (Å²) in [6.45, 7) is 4.92. The molecule has 0 spiro atoms. The van der Waals surface area contributed by atoms with Gasteiger partial charge in [-0.1, -0.05) is 26.8 Å². The summed E-state index contributed by atoms with van der Waals surface area (Å²) in [6.07, 6.45) is -0.210. The number of fused-ring (bicyclic) bond motifs is 1. The molecule has 10 heteroatoms. The van der Waals surface area contributed by atoms with E-state index in [0.717, 1.165) is 6.07 Å². The first-order valence-electron chi connectivity index (χ1n) is 6.16. The van der Waals surface area contributed by atoms with E-state index in [4.69, 9.17) is 4.74 Å². The van der Waals surface area contributed by atoms with E-state index in [0.29, 0.717) is 0 Å². The first kappa shape index (κ1) is 17.1. The van der Waals surface area contributed by atoms with Crippen molar-refractivity contribution in [3.8, 4) is 11.5 Å². The molecule has 0 saturated carbocycles. The monoisotopic (exact) mass is 358 g/mol. The first-order valence-corrected chi connectivity index (χ1v) is 9.46. The van der Waals surface area contributed by atoms with Crippen molar-refractivity contribution in [2.24, 2.45) is 0 Å². The average molecular weight is 358 g/mol. The number of benzene rings is 1. The second-order valence-electron chi connectivity index (χ2n) is 5.77. The minimum absolute atomic E-state index is 0.0770. The number of hydrogen-bond acceptors (Lipinski definition) is 5. The van der Waals surface area contributed by atoms with Crippen LogP contribution in [0.2, 0.25) is 0 Å². The molecule has 0 aliphatic carbocycles. The van der Waals surface area contributed by atoms with Gasteiger partial charge in [-0.2, -0.15) is 21.6 Å². The lowest BCUT2D eigenvalue weighted by Crippen LogP contribution is -2.30. The normalized spacial score (nSPS) is 22.1. The third-order valence-electron chi connectivity index (χ3n) is 3.29. The molecule has 1 aliphatic heterocycles. The van der Waals surface area contributed by atoms with Crippen LogP contribution < -0.4 is 14.2 Å². The molecule has 0 amide bonds. The molecule has 0 aromatic heterocycles. The van der Waals surface area contributed by atoms with Crippen LogP contribution >= 0.6 is 7.14 Å². The summed E-state index contributed by atoms with van der Waals surface area (Å²) in [5.74, 6) is -0.529. The van der Waals surface area contributed by atoms with Crippen molar-refractivity contribution in [2.75, 3.05) is 6.35 Å². The SMILES string of the molecule is CC(C)(C)[P@@]1(=O)COc2cccc(OS(=O)(=O)C(F)(F)F)c21. The van der Waals surface area contributed by atoms with Crippen molar-refractivity contribution in [2.45, 2.75) is 31.4 Å². The maximum absolute atomic E-state index is 13.1. The number of alkyl halides is 3. The van der Waals surface area contributed by atoms with Gasteiger partial charge in [-0.15, -0.1) is 0 Å². The fourth-order valence-electron chi connectivity index (χ4n) is 1.96. The Morgan fingerprint density at radius 2 is 1.82 bits per heavy atom. The highest BCUT2D eigenvalue weighted by molar-refractivity contribution is 7.88. The number of rotatable bonds is 2. The zero-order chi connectivity index (χ0) is 17.0. The van der Waals surface area contributed by atoms with Crippen LogP contribution in [0.5, 0.6) is 11.5 Å².